The zero-order valence-corrected chi connectivity index (χ0v) is 19.7. The molecule has 2 unspecified atom stereocenters. The first-order valence-electron chi connectivity index (χ1n) is 11.3. The van der Waals surface area contributed by atoms with Gasteiger partial charge in [0.25, 0.3) is 0 Å². The van der Waals surface area contributed by atoms with Crippen molar-refractivity contribution in [1.82, 2.24) is 5.32 Å². The number of Topliss-reactive ketones (excluding diaryl/α,β-unsaturated/α-hetero) is 1. The normalized spacial score (nSPS) is 24.7. The molecular weight excluding hydrogens is 390 g/mol. The average Bonchev–Trinajstić information content (AvgIpc) is 2.68. The fourth-order valence-electron chi connectivity index (χ4n) is 3.76. The summed E-state index contributed by atoms with van der Waals surface area (Å²) in [5, 5.41) is 2.88. The molecule has 170 valence electrons. The van der Waals surface area contributed by atoms with Gasteiger partial charge in [0.15, 0.2) is 0 Å². The fraction of sp³-hybridized carbons (Fsp3) is 0.913. The molecule has 1 N–H and O–H groups in total. The van der Waals surface area contributed by atoms with Crippen molar-refractivity contribution in [3.63, 3.8) is 0 Å². The van der Waals surface area contributed by atoms with Gasteiger partial charge in [-0.05, 0) is 42.9 Å². The third-order valence-corrected chi connectivity index (χ3v) is 7.00. The van der Waals surface area contributed by atoms with E-state index in [0.29, 0.717) is 45.1 Å². The van der Waals surface area contributed by atoms with Crippen molar-refractivity contribution in [3.05, 3.63) is 0 Å². The highest BCUT2D eigenvalue weighted by Gasteiger charge is 2.39. The van der Waals surface area contributed by atoms with Gasteiger partial charge in [0, 0.05) is 25.5 Å². The molecule has 5 nitrogen and oxygen atoms in total. The van der Waals surface area contributed by atoms with E-state index in [1.807, 2.05) is 0 Å². The topological polar surface area (TPSA) is 64.6 Å². The van der Waals surface area contributed by atoms with Gasteiger partial charge in [-0.15, -0.1) is 11.6 Å². The molecular formula is C23H42ClNO4. The minimum absolute atomic E-state index is 0.0790. The Hall–Kier alpha value is -0.650. The molecule has 6 heteroatoms. The highest BCUT2D eigenvalue weighted by atomic mass is 35.5. The maximum Gasteiger partial charge on any atom is 0.230 e. The second-order valence-corrected chi connectivity index (χ2v) is 9.42. The highest BCUT2D eigenvalue weighted by molar-refractivity contribution is 6.17. The quantitative estimate of drug-likeness (QED) is 0.263. The molecule has 0 aromatic carbocycles. The van der Waals surface area contributed by atoms with E-state index in [4.69, 9.17) is 21.1 Å². The fourth-order valence-corrected chi connectivity index (χ4v) is 3.95. The van der Waals surface area contributed by atoms with Gasteiger partial charge in [-0.3, -0.25) is 9.59 Å². The summed E-state index contributed by atoms with van der Waals surface area (Å²) in [6.07, 6.45) is 6.45. The monoisotopic (exact) mass is 431 g/mol. The van der Waals surface area contributed by atoms with E-state index in [2.05, 4.69) is 33.0 Å². The van der Waals surface area contributed by atoms with Crippen molar-refractivity contribution in [2.45, 2.75) is 72.6 Å². The summed E-state index contributed by atoms with van der Waals surface area (Å²) in [5.74, 6) is 0.921. The van der Waals surface area contributed by atoms with Crippen LogP contribution < -0.4 is 5.32 Å². The SMILES string of the molecule is CC1CC[C@@H](C(=O)NCCOCCOCCCCCCCl)C(=O)CC(C)C1(C)C. The Balaban J connectivity index is 2.16. The lowest BCUT2D eigenvalue weighted by molar-refractivity contribution is -0.136. The summed E-state index contributed by atoms with van der Waals surface area (Å²) in [7, 11) is 0. The van der Waals surface area contributed by atoms with Crippen LogP contribution in [0.2, 0.25) is 0 Å². The number of rotatable bonds is 13. The molecule has 1 aliphatic carbocycles. The third kappa shape index (κ3) is 9.80. The lowest BCUT2D eigenvalue weighted by Crippen LogP contribution is -2.42. The zero-order valence-electron chi connectivity index (χ0n) is 18.9. The van der Waals surface area contributed by atoms with E-state index >= 15 is 0 Å². The number of hydrogen-bond donors (Lipinski definition) is 1. The van der Waals surface area contributed by atoms with Crippen molar-refractivity contribution < 1.29 is 19.1 Å². The molecule has 1 rings (SSSR count). The molecule has 0 spiro atoms. The van der Waals surface area contributed by atoms with E-state index in [9.17, 15) is 9.59 Å². The molecule has 29 heavy (non-hydrogen) atoms. The first-order chi connectivity index (χ1) is 13.8. The first-order valence-corrected chi connectivity index (χ1v) is 11.9. The summed E-state index contributed by atoms with van der Waals surface area (Å²) >= 11 is 5.64. The summed E-state index contributed by atoms with van der Waals surface area (Å²) in [6.45, 7) is 11.5. The maximum atomic E-state index is 12.6. The van der Waals surface area contributed by atoms with Crippen LogP contribution in [0.5, 0.6) is 0 Å². The van der Waals surface area contributed by atoms with Gasteiger partial charge in [0.1, 0.15) is 5.78 Å². The predicted molar refractivity (Wildman–Crippen MR) is 118 cm³/mol. The number of halogens is 1. The molecule has 1 amide bonds. The standard InChI is InChI=1S/C23H42ClNO4/c1-18-9-10-20(21(26)17-19(2)23(18,3)4)22(27)25-12-14-29-16-15-28-13-8-6-5-7-11-24/h18-20H,5-17H2,1-4H3,(H,25,27)/t18?,19?,20-/m1/s1. The van der Waals surface area contributed by atoms with Gasteiger partial charge < -0.3 is 14.8 Å². The van der Waals surface area contributed by atoms with E-state index in [-0.39, 0.29) is 23.0 Å². The Morgan fingerprint density at radius 3 is 2.34 bits per heavy atom. The molecule has 0 saturated heterocycles. The molecule has 0 aromatic rings. The van der Waals surface area contributed by atoms with Crippen molar-refractivity contribution in [1.29, 1.82) is 0 Å². The highest BCUT2D eigenvalue weighted by Crippen LogP contribution is 2.42. The van der Waals surface area contributed by atoms with Gasteiger partial charge in [0.2, 0.25) is 5.91 Å². The third-order valence-electron chi connectivity index (χ3n) is 6.73. The van der Waals surface area contributed by atoms with Gasteiger partial charge >= 0.3 is 0 Å². The van der Waals surface area contributed by atoms with Gasteiger partial charge in [-0.2, -0.15) is 0 Å². The number of hydrogen-bond acceptors (Lipinski definition) is 4. The van der Waals surface area contributed by atoms with Crippen LogP contribution in [0.15, 0.2) is 0 Å². The Labute approximate surface area is 182 Å². The van der Waals surface area contributed by atoms with Crippen molar-refractivity contribution in [2.24, 2.45) is 23.2 Å². The van der Waals surface area contributed by atoms with Crippen molar-refractivity contribution in [2.75, 3.05) is 38.9 Å². The van der Waals surface area contributed by atoms with Crippen LogP contribution in [0.25, 0.3) is 0 Å². The van der Waals surface area contributed by atoms with E-state index < -0.39 is 5.92 Å². The minimum atomic E-state index is -0.516. The van der Waals surface area contributed by atoms with Crippen LogP contribution in [-0.2, 0) is 19.1 Å². The molecule has 1 saturated carbocycles. The molecule has 1 aliphatic rings. The lowest BCUT2D eigenvalue weighted by Gasteiger charge is -2.40. The Bertz CT molecular complexity index is 483. The molecule has 0 heterocycles. The number of carbonyl (C=O) groups excluding carboxylic acids is 2. The Morgan fingerprint density at radius 1 is 1.00 bits per heavy atom. The van der Waals surface area contributed by atoms with Crippen LogP contribution in [0.1, 0.15) is 72.6 Å². The van der Waals surface area contributed by atoms with Crippen molar-refractivity contribution in [3.8, 4) is 0 Å². The van der Waals surface area contributed by atoms with Crippen LogP contribution in [0.4, 0.5) is 0 Å². The molecule has 0 bridgehead atoms. The van der Waals surface area contributed by atoms with Gasteiger partial charge in [-0.1, -0.05) is 40.5 Å². The number of ether oxygens (including phenoxy) is 2. The molecule has 0 radical (unpaired) electrons. The van der Waals surface area contributed by atoms with Crippen LogP contribution in [-0.4, -0.2) is 50.5 Å². The maximum absolute atomic E-state index is 12.6. The largest absolute Gasteiger partial charge is 0.379 e. The summed E-state index contributed by atoms with van der Waals surface area (Å²) in [6, 6.07) is 0. The number of nitrogens with one attached hydrogen (secondary N) is 1. The van der Waals surface area contributed by atoms with Crippen molar-refractivity contribution >= 4 is 23.3 Å². The zero-order chi connectivity index (χ0) is 21.7. The smallest absolute Gasteiger partial charge is 0.230 e. The second-order valence-electron chi connectivity index (χ2n) is 9.04. The number of amides is 1. The van der Waals surface area contributed by atoms with E-state index in [1.165, 1.54) is 0 Å². The molecule has 3 atom stereocenters. The first kappa shape index (κ1) is 26.4. The number of carbonyl (C=O) groups is 2. The van der Waals surface area contributed by atoms with Crippen LogP contribution in [0.3, 0.4) is 0 Å². The average molecular weight is 432 g/mol. The number of ketones is 1. The molecule has 0 aromatic heterocycles. The Kier molecular flexibility index (Phi) is 13.1. The second kappa shape index (κ2) is 14.4. The van der Waals surface area contributed by atoms with Gasteiger partial charge in [-0.25, -0.2) is 0 Å². The summed E-state index contributed by atoms with van der Waals surface area (Å²) < 4.78 is 11.0. The number of unbranched alkanes of at least 4 members (excludes halogenated alkanes) is 3. The molecule has 1 fully saturated rings. The lowest BCUT2D eigenvalue weighted by atomic mass is 9.64. The number of alkyl halides is 1. The Morgan fingerprint density at radius 2 is 1.66 bits per heavy atom. The molecule has 0 aliphatic heterocycles. The van der Waals surface area contributed by atoms with E-state index in [1.54, 1.807) is 0 Å². The minimum Gasteiger partial charge on any atom is -0.379 e. The summed E-state index contributed by atoms with van der Waals surface area (Å²) in [4.78, 5) is 25.1. The van der Waals surface area contributed by atoms with Crippen LogP contribution in [0, 0.1) is 23.2 Å². The predicted octanol–water partition coefficient (Wildman–Crippen LogP) is 4.60. The van der Waals surface area contributed by atoms with Crippen LogP contribution >= 0.6 is 11.6 Å². The van der Waals surface area contributed by atoms with E-state index in [0.717, 1.165) is 44.6 Å². The van der Waals surface area contributed by atoms with Gasteiger partial charge in [0.05, 0.1) is 25.7 Å². The summed E-state index contributed by atoms with van der Waals surface area (Å²) in [5.41, 5.74) is 0.122.